The van der Waals surface area contributed by atoms with Crippen molar-refractivity contribution < 1.29 is 9.72 Å². The second-order valence-electron chi connectivity index (χ2n) is 7.27. The summed E-state index contributed by atoms with van der Waals surface area (Å²) >= 11 is 0. The van der Waals surface area contributed by atoms with Crippen LogP contribution < -0.4 is 5.32 Å². The Morgan fingerprint density at radius 1 is 1.15 bits per heavy atom. The van der Waals surface area contributed by atoms with Gasteiger partial charge in [-0.15, -0.1) is 0 Å². The molecule has 0 saturated carbocycles. The van der Waals surface area contributed by atoms with Crippen LogP contribution >= 0.6 is 0 Å². The number of carbonyl (C=O) groups excluding carboxylic acids is 1. The van der Waals surface area contributed by atoms with Crippen LogP contribution in [-0.4, -0.2) is 28.8 Å². The molecular formula is C21H25N3O3. The van der Waals surface area contributed by atoms with E-state index in [1.807, 2.05) is 24.3 Å². The van der Waals surface area contributed by atoms with Crippen LogP contribution in [0.15, 0.2) is 48.5 Å². The summed E-state index contributed by atoms with van der Waals surface area (Å²) in [6, 6.07) is 14.2. The van der Waals surface area contributed by atoms with Gasteiger partial charge in [0.15, 0.2) is 0 Å². The first-order valence-corrected chi connectivity index (χ1v) is 9.34. The molecule has 3 rings (SSSR count). The van der Waals surface area contributed by atoms with Crippen LogP contribution in [-0.2, 0) is 17.8 Å². The lowest BCUT2D eigenvalue weighted by atomic mass is 9.99. The van der Waals surface area contributed by atoms with E-state index in [1.54, 1.807) is 18.2 Å². The lowest BCUT2D eigenvalue weighted by Crippen LogP contribution is -2.32. The van der Waals surface area contributed by atoms with E-state index in [1.165, 1.54) is 24.5 Å². The Bertz CT molecular complexity index is 797. The van der Waals surface area contributed by atoms with Crippen LogP contribution in [0.1, 0.15) is 30.9 Å². The van der Waals surface area contributed by atoms with Gasteiger partial charge < -0.3 is 5.32 Å². The van der Waals surface area contributed by atoms with Crippen molar-refractivity contribution >= 4 is 17.3 Å². The Morgan fingerprint density at radius 3 is 2.48 bits per heavy atom. The van der Waals surface area contributed by atoms with Gasteiger partial charge in [0.2, 0.25) is 5.91 Å². The number of rotatable bonds is 6. The topological polar surface area (TPSA) is 75.5 Å². The molecule has 1 aliphatic rings. The van der Waals surface area contributed by atoms with E-state index in [2.05, 4.69) is 17.1 Å². The smallest absolute Gasteiger partial charge is 0.273 e. The molecule has 0 spiro atoms. The number of nitrogens with one attached hydrogen (secondary N) is 1. The molecule has 27 heavy (non-hydrogen) atoms. The molecule has 1 aliphatic heterocycles. The molecule has 0 atom stereocenters. The Morgan fingerprint density at radius 2 is 1.81 bits per heavy atom. The van der Waals surface area contributed by atoms with E-state index in [0.717, 1.165) is 25.6 Å². The number of carbonyl (C=O) groups is 1. The molecule has 1 amide bonds. The number of nitro benzene ring substituents is 1. The number of para-hydroxylation sites is 1. The van der Waals surface area contributed by atoms with Gasteiger partial charge in [0.25, 0.3) is 5.69 Å². The molecule has 0 bridgehead atoms. The maximum atomic E-state index is 12.2. The SMILES string of the molecule is CC1CCN(Cc2ccc(NC(=O)Cc3ccccc3[N+](=O)[O-])cc2)CC1. The normalized spacial score (nSPS) is 15.4. The third-order valence-corrected chi connectivity index (χ3v) is 5.06. The summed E-state index contributed by atoms with van der Waals surface area (Å²) in [7, 11) is 0. The zero-order valence-corrected chi connectivity index (χ0v) is 15.6. The van der Waals surface area contributed by atoms with E-state index in [4.69, 9.17) is 0 Å². The van der Waals surface area contributed by atoms with Crippen molar-refractivity contribution in [2.45, 2.75) is 32.7 Å². The van der Waals surface area contributed by atoms with Gasteiger partial charge in [0, 0.05) is 23.9 Å². The predicted octanol–water partition coefficient (Wildman–Crippen LogP) is 4.01. The molecule has 6 heteroatoms. The summed E-state index contributed by atoms with van der Waals surface area (Å²) < 4.78 is 0. The highest BCUT2D eigenvalue weighted by Crippen LogP contribution is 2.20. The summed E-state index contributed by atoms with van der Waals surface area (Å²) in [5.74, 6) is 0.557. The summed E-state index contributed by atoms with van der Waals surface area (Å²) in [4.78, 5) is 25.3. The monoisotopic (exact) mass is 367 g/mol. The minimum absolute atomic E-state index is 0.0229. The Balaban J connectivity index is 1.55. The highest BCUT2D eigenvalue weighted by Gasteiger charge is 2.17. The molecule has 142 valence electrons. The Labute approximate surface area is 159 Å². The van der Waals surface area contributed by atoms with Crippen LogP contribution in [0.3, 0.4) is 0 Å². The van der Waals surface area contributed by atoms with Gasteiger partial charge >= 0.3 is 0 Å². The first-order valence-electron chi connectivity index (χ1n) is 9.34. The molecule has 2 aromatic rings. The van der Waals surface area contributed by atoms with Crippen molar-refractivity contribution in [3.8, 4) is 0 Å². The summed E-state index contributed by atoms with van der Waals surface area (Å²) in [6.45, 7) is 5.50. The van der Waals surface area contributed by atoms with Crippen molar-refractivity contribution in [1.29, 1.82) is 0 Å². The molecule has 6 nitrogen and oxygen atoms in total. The number of likely N-dealkylation sites (tertiary alicyclic amines) is 1. The number of hydrogen-bond donors (Lipinski definition) is 1. The van der Waals surface area contributed by atoms with E-state index in [9.17, 15) is 14.9 Å². The van der Waals surface area contributed by atoms with Gasteiger partial charge in [-0.1, -0.05) is 37.3 Å². The standard InChI is InChI=1S/C21H25N3O3/c1-16-10-12-23(13-11-16)15-17-6-8-19(9-7-17)22-21(25)14-18-4-2-3-5-20(18)24(26)27/h2-9,16H,10-15H2,1H3,(H,22,25). The molecule has 0 aromatic heterocycles. The minimum atomic E-state index is -0.460. The number of benzene rings is 2. The van der Waals surface area contributed by atoms with E-state index in [0.29, 0.717) is 11.3 Å². The number of hydrogen-bond acceptors (Lipinski definition) is 4. The van der Waals surface area contributed by atoms with Crippen LogP contribution in [0.5, 0.6) is 0 Å². The van der Waals surface area contributed by atoms with Gasteiger partial charge in [-0.3, -0.25) is 19.8 Å². The van der Waals surface area contributed by atoms with Gasteiger partial charge in [0.05, 0.1) is 11.3 Å². The fourth-order valence-electron chi connectivity index (χ4n) is 3.39. The fourth-order valence-corrected chi connectivity index (χ4v) is 3.39. The number of piperidine rings is 1. The third kappa shape index (κ3) is 5.37. The van der Waals surface area contributed by atoms with Crippen LogP contribution in [0, 0.1) is 16.0 Å². The van der Waals surface area contributed by atoms with Crippen molar-refractivity contribution in [2.75, 3.05) is 18.4 Å². The molecule has 1 N–H and O–H groups in total. The second kappa shape index (κ2) is 8.77. The molecule has 2 aromatic carbocycles. The molecule has 1 heterocycles. The zero-order valence-electron chi connectivity index (χ0n) is 15.6. The van der Waals surface area contributed by atoms with E-state index < -0.39 is 4.92 Å². The molecule has 0 unspecified atom stereocenters. The minimum Gasteiger partial charge on any atom is -0.326 e. The molecule has 1 saturated heterocycles. The van der Waals surface area contributed by atoms with Crippen LogP contribution in [0.4, 0.5) is 11.4 Å². The third-order valence-electron chi connectivity index (χ3n) is 5.06. The van der Waals surface area contributed by atoms with Gasteiger partial charge in [-0.05, 0) is 49.5 Å². The first-order chi connectivity index (χ1) is 13.0. The largest absolute Gasteiger partial charge is 0.326 e. The molecular weight excluding hydrogens is 342 g/mol. The summed E-state index contributed by atoms with van der Waals surface area (Å²) in [6.07, 6.45) is 2.48. The Hall–Kier alpha value is -2.73. The van der Waals surface area contributed by atoms with Crippen LogP contribution in [0.25, 0.3) is 0 Å². The average molecular weight is 367 g/mol. The average Bonchev–Trinajstić information content (AvgIpc) is 2.65. The van der Waals surface area contributed by atoms with Gasteiger partial charge in [-0.2, -0.15) is 0 Å². The molecule has 0 radical (unpaired) electrons. The van der Waals surface area contributed by atoms with E-state index in [-0.39, 0.29) is 18.0 Å². The van der Waals surface area contributed by atoms with Crippen molar-refractivity contribution in [1.82, 2.24) is 4.90 Å². The summed E-state index contributed by atoms with van der Waals surface area (Å²) in [5, 5.41) is 13.9. The fraction of sp³-hybridized carbons (Fsp3) is 0.381. The van der Waals surface area contributed by atoms with Crippen LogP contribution in [0.2, 0.25) is 0 Å². The number of anilines is 1. The lowest BCUT2D eigenvalue weighted by molar-refractivity contribution is -0.385. The maximum Gasteiger partial charge on any atom is 0.273 e. The van der Waals surface area contributed by atoms with Crippen molar-refractivity contribution in [3.63, 3.8) is 0 Å². The summed E-state index contributed by atoms with van der Waals surface area (Å²) in [5.41, 5.74) is 2.31. The number of nitro groups is 1. The Kier molecular flexibility index (Phi) is 6.19. The molecule has 0 aliphatic carbocycles. The van der Waals surface area contributed by atoms with Crippen molar-refractivity contribution in [2.24, 2.45) is 5.92 Å². The van der Waals surface area contributed by atoms with E-state index >= 15 is 0 Å². The number of nitrogens with zero attached hydrogens (tertiary/aromatic N) is 2. The van der Waals surface area contributed by atoms with Crippen molar-refractivity contribution in [3.05, 3.63) is 69.8 Å². The highest BCUT2D eigenvalue weighted by molar-refractivity contribution is 5.92. The lowest BCUT2D eigenvalue weighted by Gasteiger charge is -2.30. The quantitative estimate of drug-likeness (QED) is 0.618. The molecule has 1 fully saturated rings. The van der Waals surface area contributed by atoms with Gasteiger partial charge in [0.1, 0.15) is 0 Å². The first kappa shape index (κ1) is 19.0. The zero-order chi connectivity index (χ0) is 19.2. The van der Waals surface area contributed by atoms with Gasteiger partial charge in [-0.25, -0.2) is 0 Å². The maximum absolute atomic E-state index is 12.2. The predicted molar refractivity (Wildman–Crippen MR) is 106 cm³/mol. The number of amides is 1. The highest BCUT2D eigenvalue weighted by atomic mass is 16.6. The second-order valence-corrected chi connectivity index (χ2v) is 7.27.